The number of H-pyrrole nitrogens is 1. The molecule has 4 aromatic rings. The summed E-state index contributed by atoms with van der Waals surface area (Å²) in [6.45, 7) is 0. The number of pyridine rings is 1. The zero-order valence-corrected chi connectivity index (χ0v) is 15.7. The molecule has 0 saturated heterocycles. The maximum absolute atomic E-state index is 12.9. The Labute approximate surface area is 162 Å². The number of nitrogens with two attached hydrogens (primary N) is 2. The molecule has 0 amide bonds. The Hall–Kier alpha value is -3.25. The van der Waals surface area contributed by atoms with Crippen LogP contribution < -0.4 is 11.5 Å². The number of anilines is 2. The van der Waals surface area contributed by atoms with Gasteiger partial charge in [0.15, 0.2) is 5.78 Å². The fourth-order valence-electron chi connectivity index (χ4n) is 2.90. The highest BCUT2D eigenvalue weighted by Gasteiger charge is 2.16. The van der Waals surface area contributed by atoms with Gasteiger partial charge in [-0.3, -0.25) is 4.79 Å². The van der Waals surface area contributed by atoms with Crippen LogP contribution in [0.5, 0.6) is 0 Å². The van der Waals surface area contributed by atoms with Crippen molar-refractivity contribution in [2.24, 2.45) is 0 Å². The summed E-state index contributed by atoms with van der Waals surface area (Å²) in [6, 6.07) is 16.5. The highest BCUT2D eigenvalue weighted by atomic mass is 32.1. The molecule has 0 aliphatic carbocycles. The third-order valence-corrected chi connectivity index (χ3v) is 4.14. The molecule has 0 bridgehead atoms. The number of thiol groups is 1. The lowest BCUT2D eigenvalue weighted by atomic mass is 10.0. The Morgan fingerprint density at radius 1 is 0.963 bits per heavy atom. The van der Waals surface area contributed by atoms with E-state index in [4.69, 9.17) is 11.5 Å². The number of rotatable bonds is 3. The van der Waals surface area contributed by atoms with E-state index in [0.717, 1.165) is 16.5 Å². The number of hydrogen-bond acceptors (Lipinski definition) is 5. The standard InChI is InChI=1S/C20H16N4O.CH4S/c21-15-5-1-3-12(7-15)14-9-17-18(11-24-20(17)23-10-14)19(25)13-4-2-6-16(22)8-13;1-2/h1-11H,21-22H2,(H,23,24);2H,1H3. The Morgan fingerprint density at radius 3 is 2.37 bits per heavy atom. The summed E-state index contributed by atoms with van der Waals surface area (Å²) in [5.74, 6) is -0.0925. The number of carbonyl (C=O) groups excluding carboxylic acids is 1. The maximum atomic E-state index is 12.9. The van der Waals surface area contributed by atoms with Crippen molar-refractivity contribution in [1.29, 1.82) is 0 Å². The lowest BCUT2D eigenvalue weighted by Crippen LogP contribution is -2.01. The highest BCUT2D eigenvalue weighted by Crippen LogP contribution is 2.27. The number of fused-ring (bicyclic) bond motifs is 1. The lowest BCUT2D eigenvalue weighted by Gasteiger charge is -2.04. The molecule has 0 unspecified atom stereocenters. The van der Waals surface area contributed by atoms with Crippen LogP contribution in [0.25, 0.3) is 22.2 Å². The number of aromatic nitrogens is 2. The van der Waals surface area contributed by atoms with E-state index in [1.165, 1.54) is 0 Å². The largest absolute Gasteiger partial charge is 0.399 e. The van der Waals surface area contributed by atoms with Crippen LogP contribution in [0.2, 0.25) is 0 Å². The van der Waals surface area contributed by atoms with E-state index >= 15 is 0 Å². The van der Waals surface area contributed by atoms with Gasteiger partial charge in [-0.15, -0.1) is 0 Å². The van der Waals surface area contributed by atoms with Gasteiger partial charge in [-0.05, 0) is 42.2 Å². The summed E-state index contributed by atoms with van der Waals surface area (Å²) in [7, 11) is 0. The van der Waals surface area contributed by atoms with Crippen LogP contribution in [-0.4, -0.2) is 22.0 Å². The highest BCUT2D eigenvalue weighted by molar-refractivity contribution is 7.79. The summed E-state index contributed by atoms with van der Waals surface area (Å²) >= 11 is 3.53. The van der Waals surface area contributed by atoms with E-state index in [-0.39, 0.29) is 5.78 Å². The Balaban J connectivity index is 0.00000102. The van der Waals surface area contributed by atoms with Crippen LogP contribution in [0.1, 0.15) is 15.9 Å². The van der Waals surface area contributed by atoms with Crippen molar-refractivity contribution < 1.29 is 4.79 Å². The van der Waals surface area contributed by atoms with Gasteiger partial charge in [0.1, 0.15) is 5.65 Å². The molecule has 6 heteroatoms. The average molecular weight is 376 g/mol. The molecule has 27 heavy (non-hydrogen) atoms. The second-order valence-corrected chi connectivity index (χ2v) is 5.90. The number of hydrogen-bond donors (Lipinski definition) is 4. The Bertz CT molecular complexity index is 1100. The van der Waals surface area contributed by atoms with Crippen molar-refractivity contribution in [3.05, 3.63) is 78.1 Å². The molecule has 0 fully saturated rings. The first-order chi connectivity index (χ1) is 13.1. The smallest absolute Gasteiger partial charge is 0.195 e. The van der Waals surface area contributed by atoms with Crippen molar-refractivity contribution in [1.82, 2.24) is 9.97 Å². The van der Waals surface area contributed by atoms with E-state index in [9.17, 15) is 4.79 Å². The van der Waals surface area contributed by atoms with Crippen LogP contribution in [0, 0.1) is 0 Å². The number of nitrogens with one attached hydrogen (secondary N) is 1. The molecule has 136 valence electrons. The zero-order chi connectivity index (χ0) is 19.4. The molecular weight excluding hydrogens is 356 g/mol. The van der Waals surface area contributed by atoms with Gasteiger partial charge < -0.3 is 16.5 Å². The van der Waals surface area contributed by atoms with Crippen molar-refractivity contribution in [3.63, 3.8) is 0 Å². The maximum Gasteiger partial charge on any atom is 0.195 e. The van der Waals surface area contributed by atoms with E-state index < -0.39 is 0 Å². The van der Waals surface area contributed by atoms with Gasteiger partial charge in [0, 0.05) is 45.8 Å². The molecule has 0 aliphatic rings. The normalized spacial score (nSPS) is 10.3. The molecule has 0 atom stereocenters. The number of nitrogens with zero attached hydrogens (tertiary/aromatic N) is 1. The molecule has 0 saturated carbocycles. The van der Waals surface area contributed by atoms with Gasteiger partial charge in [-0.25, -0.2) is 4.98 Å². The van der Waals surface area contributed by atoms with Crippen molar-refractivity contribution in [3.8, 4) is 11.1 Å². The first-order valence-corrected chi connectivity index (χ1v) is 9.19. The third kappa shape index (κ3) is 3.80. The summed E-state index contributed by atoms with van der Waals surface area (Å²) < 4.78 is 0. The molecule has 2 heterocycles. The Morgan fingerprint density at radius 2 is 1.67 bits per heavy atom. The summed E-state index contributed by atoms with van der Waals surface area (Å²) in [6.07, 6.45) is 5.15. The van der Waals surface area contributed by atoms with Crippen LogP contribution in [0.15, 0.2) is 67.0 Å². The molecule has 0 radical (unpaired) electrons. The summed E-state index contributed by atoms with van der Waals surface area (Å²) in [5, 5.41) is 0.771. The molecule has 5 N–H and O–H groups in total. The number of benzene rings is 2. The molecule has 5 nitrogen and oxygen atoms in total. The fourth-order valence-corrected chi connectivity index (χ4v) is 2.90. The van der Waals surface area contributed by atoms with Gasteiger partial charge in [0.05, 0.1) is 0 Å². The summed E-state index contributed by atoms with van der Waals surface area (Å²) in [4.78, 5) is 20.3. The minimum absolute atomic E-state index is 0.0925. The minimum Gasteiger partial charge on any atom is -0.399 e. The van der Waals surface area contributed by atoms with E-state index in [0.29, 0.717) is 28.1 Å². The number of aromatic amines is 1. The fraction of sp³-hybridized carbons (Fsp3) is 0.0476. The van der Waals surface area contributed by atoms with E-state index in [2.05, 4.69) is 22.6 Å². The van der Waals surface area contributed by atoms with Crippen molar-refractivity contribution in [2.45, 2.75) is 0 Å². The first kappa shape index (κ1) is 18.5. The quantitative estimate of drug-likeness (QED) is 0.245. The zero-order valence-electron chi connectivity index (χ0n) is 14.8. The molecular formula is C21H20N4OS. The van der Waals surface area contributed by atoms with Crippen LogP contribution in [0.4, 0.5) is 11.4 Å². The molecule has 2 aromatic carbocycles. The van der Waals surface area contributed by atoms with Gasteiger partial charge in [-0.1, -0.05) is 24.3 Å². The van der Waals surface area contributed by atoms with Crippen molar-refractivity contribution >= 4 is 40.8 Å². The van der Waals surface area contributed by atoms with Crippen molar-refractivity contribution in [2.75, 3.05) is 17.7 Å². The monoisotopic (exact) mass is 376 g/mol. The lowest BCUT2D eigenvalue weighted by molar-refractivity contribution is 0.104. The van der Waals surface area contributed by atoms with Gasteiger partial charge in [0.25, 0.3) is 0 Å². The third-order valence-electron chi connectivity index (χ3n) is 4.14. The number of carbonyl (C=O) groups is 1. The SMILES string of the molecule is CS.Nc1cccc(C(=O)c2c[nH]c3ncc(-c4cccc(N)c4)cc23)c1. The Kier molecular flexibility index (Phi) is 5.47. The second-order valence-electron chi connectivity index (χ2n) is 5.90. The van der Waals surface area contributed by atoms with Crippen LogP contribution >= 0.6 is 12.6 Å². The van der Waals surface area contributed by atoms with Gasteiger partial charge in [0.2, 0.25) is 0 Å². The van der Waals surface area contributed by atoms with Crippen LogP contribution in [0.3, 0.4) is 0 Å². The predicted octanol–water partition coefficient (Wildman–Crippen LogP) is 4.17. The topological polar surface area (TPSA) is 97.8 Å². The minimum atomic E-state index is -0.0925. The van der Waals surface area contributed by atoms with E-state index in [1.807, 2.05) is 30.3 Å². The summed E-state index contributed by atoms with van der Waals surface area (Å²) in [5.41, 5.74) is 16.5. The molecule has 0 spiro atoms. The molecule has 2 aromatic heterocycles. The van der Waals surface area contributed by atoms with E-state index in [1.54, 1.807) is 42.9 Å². The van der Waals surface area contributed by atoms with Crippen LogP contribution in [-0.2, 0) is 0 Å². The second kappa shape index (κ2) is 7.97. The van der Waals surface area contributed by atoms with Gasteiger partial charge in [-0.2, -0.15) is 12.6 Å². The predicted molar refractivity (Wildman–Crippen MR) is 115 cm³/mol. The number of ketones is 1. The molecule has 0 aliphatic heterocycles. The number of nitrogen functional groups attached to an aromatic ring is 2. The molecule has 4 rings (SSSR count). The van der Waals surface area contributed by atoms with Gasteiger partial charge >= 0.3 is 0 Å². The first-order valence-electron chi connectivity index (χ1n) is 8.30. The average Bonchev–Trinajstić information content (AvgIpc) is 3.12.